The van der Waals surface area contributed by atoms with Crippen molar-refractivity contribution in [2.45, 2.75) is 194 Å². The molecule has 11 aliphatic carbocycles. The number of para-hydroxylation sites is 3. The zero-order valence-corrected chi connectivity index (χ0v) is 62.8. The van der Waals surface area contributed by atoms with Gasteiger partial charge in [0.2, 0.25) is 0 Å². The van der Waals surface area contributed by atoms with Crippen molar-refractivity contribution in [3.05, 3.63) is 218 Å². The molecule has 554 valence electrons. The summed E-state index contributed by atoms with van der Waals surface area (Å²) >= 11 is 0. The van der Waals surface area contributed by atoms with Crippen LogP contribution < -0.4 is 0 Å². The Morgan fingerprint density at radius 2 is 0.431 bits per heavy atom. The summed E-state index contributed by atoms with van der Waals surface area (Å²) in [5.74, 6) is 24.3. The van der Waals surface area contributed by atoms with Crippen molar-refractivity contribution in [3.63, 3.8) is 0 Å². The van der Waals surface area contributed by atoms with Gasteiger partial charge in [-0.25, -0.2) is 0 Å². The largest absolute Gasteiger partial charge is 0.508 e. The minimum atomic E-state index is 0. The Kier molecular flexibility index (Phi) is 34.7. The molecule has 0 saturated heterocycles. The molecule has 0 heterocycles. The minimum Gasteiger partial charge on any atom is -0.508 e. The van der Waals surface area contributed by atoms with Crippen LogP contribution in [0.3, 0.4) is 0 Å². The van der Waals surface area contributed by atoms with Crippen LogP contribution in [0, 0.1) is 112 Å². The molecule has 6 N–H and O–H groups in total. The number of benzene rings is 9. The Bertz CT molecular complexity index is 3350. The van der Waals surface area contributed by atoms with E-state index in [1.54, 1.807) is 194 Å². The fourth-order valence-corrected chi connectivity index (χ4v) is 21.0. The Labute approximate surface area is 618 Å². The SMILES string of the molecule is C.C.CC.CC.CC.CC.CC1CC2C(C1)C1CC2C2C3CCC(C3)C12.CC1CC2C3CCC(C3)C2C1.CC1CC2C3CCC(C3)C2C1.Oc1cccc2ccccc12.Oc1cccc2ccccc12.Oc1cccc2ccccc12.Oc1ccccc1.Oc1ccccc1.Oc1ccccc1. The molecule has 0 aliphatic heterocycles. The van der Waals surface area contributed by atoms with Crippen molar-refractivity contribution in [1.82, 2.24) is 0 Å². The number of fused-ring (bicyclic) bond motifs is 25. The van der Waals surface area contributed by atoms with Gasteiger partial charge < -0.3 is 30.6 Å². The molecule has 11 aliphatic rings. The minimum absolute atomic E-state index is 0. The molecule has 6 heteroatoms. The molecule has 0 spiro atoms. The number of phenolic OH excluding ortho intramolecular Hbond substituents is 6. The van der Waals surface area contributed by atoms with E-state index in [1.807, 2.05) is 183 Å². The van der Waals surface area contributed by atoms with Gasteiger partial charge in [-0.2, -0.15) is 0 Å². The molecule has 0 aromatic heterocycles. The molecule has 16 atom stereocenters. The average molecular weight is 1380 g/mol. The van der Waals surface area contributed by atoms with Gasteiger partial charge in [-0.3, -0.25) is 0 Å². The van der Waals surface area contributed by atoms with Gasteiger partial charge in [-0.1, -0.05) is 255 Å². The second-order valence-corrected chi connectivity index (χ2v) is 29.9. The first-order valence-electron chi connectivity index (χ1n) is 39.6. The quantitative estimate of drug-likeness (QED) is 0.0842. The van der Waals surface area contributed by atoms with Crippen molar-refractivity contribution in [2.75, 3.05) is 0 Å². The first-order chi connectivity index (χ1) is 48.8. The van der Waals surface area contributed by atoms with Gasteiger partial charge in [0, 0.05) is 16.2 Å². The second-order valence-electron chi connectivity index (χ2n) is 29.9. The molecule has 11 saturated carbocycles. The Morgan fingerprint density at radius 1 is 0.216 bits per heavy atom. The highest BCUT2D eigenvalue weighted by atomic mass is 16.3. The van der Waals surface area contributed by atoms with Crippen molar-refractivity contribution in [2.24, 2.45) is 112 Å². The molecular weight excluding hydrogens is 1250 g/mol. The zero-order chi connectivity index (χ0) is 71.7. The topological polar surface area (TPSA) is 121 Å². The van der Waals surface area contributed by atoms with Crippen LogP contribution >= 0.6 is 0 Å². The van der Waals surface area contributed by atoms with Gasteiger partial charge in [0.15, 0.2) is 0 Å². The molecule has 6 nitrogen and oxygen atoms in total. The molecule has 9 aromatic carbocycles. The fourth-order valence-electron chi connectivity index (χ4n) is 21.0. The number of hydrogen-bond donors (Lipinski definition) is 6. The normalized spacial score (nSPS) is 29.3. The maximum absolute atomic E-state index is 9.37. The third-order valence-corrected chi connectivity index (χ3v) is 24.4. The smallest absolute Gasteiger partial charge is 0.123 e. The summed E-state index contributed by atoms with van der Waals surface area (Å²) in [4.78, 5) is 0. The number of phenols is 6. The summed E-state index contributed by atoms with van der Waals surface area (Å²) in [5.41, 5.74) is 0. The van der Waals surface area contributed by atoms with E-state index < -0.39 is 0 Å². The molecule has 9 aromatic rings. The van der Waals surface area contributed by atoms with Crippen LogP contribution in [0.15, 0.2) is 218 Å². The van der Waals surface area contributed by atoms with E-state index >= 15 is 0 Å². The predicted octanol–water partition coefficient (Wildman–Crippen LogP) is 27.3. The van der Waals surface area contributed by atoms with Crippen molar-refractivity contribution >= 4 is 32.3 Å². The van der Waals surface area contributed by atoms with E-state index in [9.17, 15) is 15.3 Å². The summed E-state index contributed by atoms with van der Waals surface area (Å²) in [5, 5.41) is 60.0. The molecule has 8 bridgehead atoms. The Hall–Kier alpha value is -7.44. The highest BCUT2D eigenvalue weighted by Gasteiger charge is 2.66. The first kappa shape index (κ1) is 83.5. The fraction of sp³-hybridized carbons (Fsp3) is 0.500. The van der Waals surface area contributed by atoms with E-state index in [4.69, 9.17) is 15.3 Å². The highest BCUT2D eigenvalue weighted by Crippen LogP contribution is 2.73. The van der Waals surface area contributed by atoms with Crippen molar-refractivity contribution in [3.8, 4) is 34.5 Å². The molecule has 102 heavy (non-hydrogen) atoms. The third-order valence-electron chi connectivity index (χ3n) is 24.4. The van der Waals surface area contributed by atoms with E-state index in [1.165, 1.54) is 94.7 Å². The Morgan fingerprint density at radius 3 is 0.676 bits per heavy atom. The standard InChI is InChI=1S/C16H24.2C11H18.3C10H8O.3C6H6O.4C2H6.2CH4/c1-8-4-11-12(5-8)14-7-13(11)15-9-2-3-10(6-9)16(14)15;2*1-7-4-10-8-2-3-9(6-8)11(10)5-7;3*11-10-7-3-5-8-4-1-2-6-9(8)10;3*7-6-4-2-1-3-5-6;4*1-2;;/h8-16H,2-7H2,1H3;2*7-11H,2-6H2,1H3;3*1-7,11H;3*1-5,7H;4*1-2H3;2*1H4. The van der Waals surface area contributed by atoms with Gasteiger partial charge in [-0.15, -0.1) is 0 Å². The van der Waals surface area contributed by atoms with Gasteiger partial charge >= 0.3 is 0 Å². The van der Waals surface area contributed by atoms with E-state index in [-0.39, 0.29) is 14.9 Å². The van der Waals surface area contributed by atoms with Crippen LogP contribution in [0.2, 0.25) is 0 Å². The summed E-state index contributed by atoms with van der Waals surface area (Å²) in [6.45, 7) is 23.4. The van der Waals surface area contributed by atoms with Crippen LogP contribution in [-0.2, 0) is 0 Å². The molecule has 11 fully saturated rings. The van der Waals surface area contributed by atoms with Crippen molar-refractivity contribution in [1.29, 1.82) is 0 Å². The van der Waals surface area contributed by atoms with Crippen molar-refractivity contribution < 1.29 is 30.6 Å². The molecular formula is C96H134O6. The monoisotopic (exact) mass is 1380 g/mol. The highest BCUT2D eigenvalue weighted by molar-refractivity contribution is 5.89. The number of hydrogen-bond acceptors (Lipinski definition) is 6. The zero-order valence-electron chi connectivity index (χ0n) is 62.8. The first-order valence-corrected chi connectivity index (χ1v) is 39.6. The summed E-state index contributed by atoms with van der Waals surface area (Å²) in [6, 6.07) is 66.0. The maximum Gasteiger partial charge on any atom is 0.123 e. The van der Waals surface area contributed by atoms with Crippen LogP contribution in [0.5, 0.6) is 34.5 Å². The lowest BCUT2D eigenvalue weighted by Gasteiger charge is -2.40. The van der Waals surface area contributed by atoms with E-state index in [0.29, 0.717) is 34.5 Å². The predicted molar refractivity (Wildman–Crippen MR) is 437 cm³/mol. The molecule has 20 rings (SSSR count). The molecule has 16 unspecified atom stereocenters. The maximum atomic E-state index is 9.37. The van der Waals surface area contributed by atoms with Gasteiger partial charge in [0.1, 0.15) is 34.5 Å². The van der Waals surface area contributed by atoms with Crippen LogP contribution in [-0.4, -0.2) is 30.6 Å². The number of rotatable bonds is 0. The second kappa shape index (κ2) is 42.4. The number of aromatic hydroxyl groups is 6. The van der Waals surface area contributed by atoms with Gasteiger partial charge in [0.05, 0.1) is 0 Å². The molecule has 0 amide bonds. The van der Waals surface area contributed by atoms with E-state index in [2.05, 4.69) is 20.8 Å². The summed E-state index contributed by atoms with van der Waals surface area (Å²) in [6.07, 6.45) is 25.6. The molecule has 0 radical (unpaired) electrons. The van der Waals surface area contributed by atoms with Gasteiger partial charge in [-0.05, 0) is 286 Å². The van der Waals surface area contributed by atoms with Gasteiger partial charge in [0.25, 0.3) is 0 Å². The Balaban J connectivity index is 0.000000180. The lowest BCUT2D eigenvalue weighted by atomic mass is 9.64. The van der Waals surface area contributed by atoms with E-state index in [0.717, 1.165) is 50.1 Å². The van der Waals surface area contributed by atoms with Crippen LogP contribution in [0.25, 0.3) is 32.3 Å². The average Bonchev–Trinajstić information content (AvgIpc) is 1.53. The lowest BCUT2D eigenvalue weighted by Crippen LogP contribution is -2.35. The van der Waals surface area contributed by atoms with Crippen LogP contribution in [0.4, 0.5) is 0 Å². The lowest BCUT2D eigenvalue weighted by molar-refractivity contribution is 0.0716. The summed E-state index contributed by atoms with van der Waals surface area (Å²) in [7, 11) is 0. The van der Waals surface area contributed by atoms with Crippen LogP contribution in [0.1, 0.15) is 194 Å². The third kappa shape index (κ3) is 21.4. The summed E-state index contributed by atoms with van der Waals surface area (Å²) < 4.78 is 0.